The van der Waals surface area contributed by atoms with Gasteiger partial charge in [-0.3, -0.25) is 9.58 Å². The first-order chi connectivity index (χ1) is 11.8. The molecule has 0 atom stereocenters. The first-order valence-electron chi connectivity index (χ1n) is 9.30. The molecule has 2 aliphatic heterocycles. The largest absolute Gasteiger partial charge is 0.317 e. The average Bonchev–Trinajstić information content (AvgIpc) is 3.13. The van der Waals surface area contributed by atoms with E-state index < -0.39 is 0 Å². The molecule has 0 amide bonds. The summed E-state index contributed by atoms with van der Waals surface area (Å²) < 4.78 is 2.01. The molecule has 2 fully saturated rings. The minimum absolute atomic E-state index is 0.635. The van der Waals surface area contributed by atoms with E-state index in [1.165, 1.54) is 63.0 Å². The molecule has 1 aromatic heterocycles. The number of piperidine rings is 2. The van der Waals surface area contributed by atoms with Crippen LogP contribution in [0.25, 0.3) is 0 Å². The van der Waals surface area contributed by atoms with Crippen LogP contribution in [-0.4, -0.2) is 40.9 Å². The molecule has 4 rings (SSSR count). The average molecular weight is 324 g/mol. The summed E-state index contributed by atoms with van der Waals surface area (Å²) in [6.07, 6.45) is 9.38. The van der Waals surface area contributed by atoms with E-state index >= 15 is 0 Å². The minimum atomic E-state index is 0.635. The molecule has 2 saturated heterocycles. The molecule has 2 aromatic rings. The van der Waals surface area contributed by atoms with E-state index in [1.54, 1.807) is 0 Å². The molecule has 0 unspecified atom stereocenters. The molecule has 0 radical (unpaired) electrons. The van der Waals surface area contributed by atoms with Crippen LogP contribution in [0.15, 0.2) is 42.7 Å². The van der Waals surface area contributed by atoms with Gasteiger partial charge in [-0.2, -0.15) is 5.10 Å². The summed E-state index contributed by atoms with van der Waals surface area (Å²) in [5, 5.41) is 7.87. The fourth-order valence-corrected chi connectivity index (χ4v) is 4.32. The van der Waals surface area contributed by atoms with E-state index in [-0.39, 0.29) is 0 Å². The monoisotopic (exact) mass is 324 g/mol. The third-order valence-corrected chi connectivity index (χ3v) is 5.98. The van der Waals surface area contributed by atoms with Crippen molar-refractivity contribution < 1.29 is 0 Å². The predicted octanol–water partition coefficient (Wildman–Crippen LogP) is 2.90. The summed E-state index contributed by atoms with van der Waals surface area (Å²) in [4.78, 5) is 2.65. The van der Waals surface area contributed by atoms with Crippen molar-refractivity contribution in [3.63, 3.8) is 0 Å². The summed E-state index contributed by atoms with van der Waals surface area (Å²) in [6, 6.07) is 10.8. The standard InChI is InChI=1S/C20H28N4/c1-2-5-19(17-24-13-3-10-22-24)18(4-1)16-23-14-8-20(9-15-23)6-11-21-12-7-20/h1-5,10,13,21H,6-9,11-12,14-17H2. The van der Waals surface area contributed by atoms with Gasteiger partial charge in [-0.25, -0.2) is 0 Å². The molecular formula is C20H28N4. The first-order valence-corrected chi connectivity index (χ1v) is 9.30. The smallest absolute Gasteiger partial charge is 0.0662 e. The van der Waals surface area contributed by atoms with Gasteiger partial charge in [-0.1, -0.05) is 24.3 Å². The molecule has 1 aromatic carbocycles. The van der Waals surface area contributed by atoms with Crippen LogP contribution in [0, 0.1) is 5.41 Å². The fourth-order valence-electron chi connectivity index (χ4n) is 4.32. The van der Waals surface area contributed by atoms with Gasteiger partial charge < -0.3 is 5.32 Å². The fraction of sp³-hybridized carbons (Fsp3) is 0.550. The van der Waals surface area contributed by atoms with Crippen LogP contribution >= 0.6 is 0 Å². The van der Waals surface area contributed by atoms with Crippen LogP contribution in [0.4, 0.5) is 0 Å². The molecule has 4 nitrogen and oxygen atoms in total. The zero-order chi connectivity index (χ0) is 16.2. The Hall–Kier alpha value is -1.65. The van der Waals surface area contributed by atoms with Crippen molar-refractivity contribution >= 4 is 0 Å². The van der Waals surface area contributed by atoms with Crippen molar-refractivity contribution in [1.29, 1.82) is 0 Å². The topological polar surface area (TPSA) is 33.1 Å². The van der Waals surface area contributed by atoms with Crippen LogP contribution < -0.4 is 5.32 Å². The van der Waals surface area contributed by atoms with Crippen molar-refractivity contribution in [2.45, 2.75) is 38.8 Å². The Balaban J connectivity index is 1.39. The number of nitrogens with one attached hydrogen (secondary N) is 1. The molecular weight excluding hydrogens is 296 g/mol. The Morgan fingerprint density at radius 3 is 2.29 bits per heavy atom. The number of aromatic nitrogens is 2. The van der Waals surface area contributed by atoms with Crippen molar-refractivity contribution in [2.75, 3.05) is 26.2 Å². The van der Waals surface area contributed by atoms with Crippen LogP contribution in [0.1, 0.15) is 36.8 Å². The lowest BCUT2D eigenvalue weighted by Crippen LogP contribution is -2.45. The second kappa shape index (κ2) is 7.08. The summed E-state index contributed by atoms with van der Waals surface area (Å²) in [5.41, 5.74) is 3.48. The Kier molecular flexibility index (Phi) is 4.67. The van der Waals surface area contributed by atoms with Gasteiger partial charge in [0.1, 0.15) is 0 Å². The van der Waals surface area contributed by atoms with Crippen LogP contribution in [0.3, 0.4) is 0 Å². The van der Waals surface area contributed by atoms with Crippen molar-refractivity contribution in [2.24, 2.45) is 5.41 Å². The molecule has 128 valence electrons. The SMILES string of the molecule is c1ccc(Cn2cccn2)c(CN2CCC3(CCNCC3)CC2)c1. The number of likely N-dealkylation sites (tertiary alicyclic amines) is 1. The number of rotatable bonds is 4. The van der Waals surface area contributed by atoms with Crippen LogP contribution in [-0.2, 0) is 13.1 Å². The van der Waals surface area contributed by atoms with E-state index in [4.69, 9.17) is 0 Å². The van der Waals surface area contributed by atoms with Gasteiger partial charge in [0.05, 0.1) is 6.54 Å². The van der Waals surface area contributed by atoms with Gasteiger partial charge in [0.15, 0.2) is 0 Å². The van der Waals surface area contributed by atoms with Crippen LogP contribution in [0.2, 0.25) is 0 Å². The molecule has 1 N–H and O–H groups in total. The van der Waals surface area contributed by atoms with Crippen LogP contribution in [0.5, 0.6) is 0 Å². The van der Waals surface area contributed by atoms with E-state index in [2.05, 4.69) is 39.6 Å². The zero-order valence-corrected chi connectivity index (χ0v) is 14.5. The maximum Gasteiger partial charge on any atom is 0.0662 e. The van der Waals surface area contributed by atoms with E-state index in [0.717, 1.165) is 13.1 Å². The van der Waals surface area contributed by atoms with Gasteiger partial charge in [0.25, 0.3) is 0 Å². The second-order valence-electron chi connectivity index (χ2n) is 7.50. The second-order valence-corrected chi connectivity index (χ2v) is 7.50. The van der Waals surface area contributed by atoms with Crippen molar-refractivity contribution in [3.8, 4) is 0 Å². The highest BCUT2D eigenvalue weighted by Gasteiger charge is 2.35. The molecule has 0 bridgehead atoms. The lowest BCUT2D eigenvalue weighted by Gasteiger charge is -2.44. The highest BCUT2D eigenvalue weighted by atomic mass is 15.3. The number of benzene rings is 1. The third-order valence-electron chi connectivity index (χ3n) is 5.98. The Labute approximate surface area is 144 Å². The molecule has 0 saturated carbocycles. The molecule has 1 spiro atoms. The lowest BCUT2D eigenvalue weighted by molar-refractivity contribution is 0.0700. The maximum absolute atomic E-state index is 4.35. The van der Waals surface area contributed by atoms with Gasteiger partial charge in [0.2, 0.25) is 0 Å². The number of nitrogens with zero attached hydrogens (tertiary/aromatic N) is 3. The van der Waals surface area contributed by atoms with Gasteiger partial charge in [-0.05, 0) is 74.5 Å². The lowest BCUT2D eigenvalue weighted by atomic mass is 9.71. The molecule has 24 heavy (non-hydrogen) atoms. The normalized spacial score (nSPS) is 21.2. The summed E-state index contributed by atoms with van der Waals surface area (Å²) >= 11 is 0. The van der Waals surface area contributed by atoms with Gasteiger partial charge in [-0.15, -0.1) is 0 Å². The Morgan fingerprint density at radius 2 is 1.62 bits per heavy atom. The molecule has 2 aliphatic rings. The summed E-state index contributed by atoms with van der Waals surface area (Å²) in [5.74, 6) is 0. The highest BCUT2D eigenvalue weighted by Crippen LogP contribution is 2.39. The third kappa shape index (κ3) is 3.55. The first kappa shape index (κ1) is 15.9. The number of hydrogen-bond donors (Lipinski definition) is 1. The molecule has 4 heteroatoms. The van der Waals surface area contributed by atoms with Gasteiger partial charge >= 0.3 is 0 Å². The highest BCUT2D eigenvalue weighted by molar-refractivity contribution is 5.27. The summed E-state index contributed by atoms with van der Waals surface area (Å²) in [7, 11) is 0. The Bertz CT molecular complexity index is 633. The Morgan fingerprint density at radius 1 is 0.917 bits per heavy atom. The molecule has 3 heterocycles. The predicted molar refractivity (Wildman–Crippen MR) is 96.8 cm³/mol. The number of hydrogen-bond acceptors (Lipinski definition) is 3. The van der Waals surface area contributed by atoms with Crippen molar-refractivity contribution in [3.05, 3.63) is 53.9 Å². The maximum atomic E-state index is 4.35. The minimum Gasteiger partial charge on any atom is -0.317 e. The quantitative estimate of drug-likeness (QED) is 0.939. The van der Waals surface area contributed by atoms with E-state index in [0.29, 0.717) is 5.41 Å². The molecule has 0 aliphatic carbocycles. The van der Waals surface area contributed by atoms with E-state index in [1.807, 2.05) is 23.1 Å². The van der Waals surface area contributed by atoms with Crippen molar-refractivity contribution in [1.82, 2.24) is 20.0 Å². The van der Waals surface area contributed by atoms with Gasteiger partial charge in [0, 0.05) is 18.9 Å². The summed E-state index contributed by atoms with van der Waals surface area (Å²) in [6.45, 7) is 6.87. The van der Waals surface area contributed by atoms with E-state index in [9.17, 15) is 0 Å². The zero-order valence-electron chi connectivity index (χ0n) is 14.5.